The molecule has 0 unspecified atom stereocenters. The first-order chi connectivity index (χ1) is 12.2. The number of rotatable bonds is 5. The van der Waals surface area contributed by atoms with E-state index in [1.807, 2.05) is 0 Å². The van der Waals surface area contributed by atoms with E-state index in [0.29, 0.717) is 15.6 Å². The molecule has 3 rings (SSSR count). The summed E-state index contributed by atoms with van der Waals surface area (Å²) in [7, 11) is 0. The minimum absolute atomic E-state index is 0.0863. The van der Waals surface area contributed by atoms with Gasteiger partial charge in [0.2, 0.25) is 0 Å². The molecule has 2 aliphatic heterocycles. The van der Waals surface area contributed by atoms with Crippen molar-refractivity contribution in [2.75, 3.05) is 6.61 Å². The number of fused-ring (bicyclic) bond motifs is 1. The molecule has 2 saturated heterocycles. The van der Waals surface area contributed by atoms with Gasteiger partial charge < -0.3 is 29.2 Å². The topological polar surface area (TPSA) is 77.4 Å². The molecule has 8 heteroatoms. The number of aliphatic hydroxyl groups is 2. The second kappa shape index (κ2) is 7.27. The number of terminal acetylenes is 1. The minimum Gasteiger partial charge on any atom is -0.394 e. The first kappa shape index (κ1) is 19.9. The predicted molar refractivity (Wildman–Crippen MR) is 94.6 cm³/mol. The molecule has 0 saturated carbocycles. The lowest BCUT2D eigenvalue weighted by Crippen LogP contribution is -2.44. The van der Waals surface area contributed by atoms with Gasteiger partial charge in [0.1, 0.15) is 18.3 Å². The summed E-state index contributed by atoms with van der Waals surface area (Å²) in [5, 5.41) is 20.5. The Bertz CT molecular complexity index is 718. The third-order valence-corrected chi connectivity index (χ3v) is 4.93. The van der Waals surface area contributed by atoms with Gasteiger partial charge in [-0.25, -0.2) is 0 Å². The number of halogens is 2. The molecular weight excluding hydrogens is 383 g/mol. The number of aliphatic hydroxyl groups excluding tert-OH is 2. The third kappa shape index (κ3) is 3.59. The van der Waals surface area contributed by atoms with Gasteiger partial charge in [-0.1, -0.05) is 23.2 Å². The van der Waals surface area contributed by atoms with Gasteiger partial charge in [0, 0.05) is 10.0 Å². The normalized spacial score (nSPS) is 33.7. The van der Waals surface area contributed by atoms with E-state index in [2.05, 4.69) is 5.92 Å². The fourth-order valence-electron chi connectivity index (χ4n) is 3.22. The molecule has 5 atom stereocenters. The molecular formula is C18H20Cl2O6. The molecule has 6 nitrogen and oxygen atoms in total. The molecule has 1 aromatic rings. The van der Waals surface area contributed by atoms with E-state index in [4.69, 9.17) is 48.6 Å². The van der Waals surface area contributed by atoms with Gasteiger partial charge in [-0.05, 0) is 43.5 Å². The number of hydrogen-bond donors (Lipinski definition) is 2. The van der Waals surface area contributed by atoms with Crippen LogP contribution in [0.1, 0.15) is 19.4 Å². The van der Waals surface area contributed by atoms with Gasteiger partial charge in [-0.2, -0.15) is 0 Å². The van der Waals surface area contributed by atoms with Crippen LogP contribution >= 0.6 is 23.2 Å². The lowest BCUT2D eigenvalue weighted by molar-refractivity contribution is -0.254. The van der Waals surface area contributed by atoms with Crippen molar-refractivity contribution in [3.05, 3.63) is 33.8 Å². The Kier molecular flexibility index (Phi) is 5.55. The number of benzene rings is 1. The van der Waals surface area contributed by atoms with Crippen LogP contribution in [0.3, 0.4) is 0 Å². The second-order valence-corrected chi connectivity index (χ2v) is 7.54. The third-order valence-electron chi connectivity index (χ3n) is 4.32. The van der Waals surface area contributed by atoms with E-state index in [0.717, 1.165) is 0 Å². The highest BCUT2D eigenvalue weighted by Gasteiger charge is 2.66. The molecule has 0 aliphatic carbocycles. The Hall–Kier alpha value is -0.880. The van der Waals surface area contributed by atoms with E-state index < -0.39 is 42.6 Å². The van der Waals surface area contributed by atoms with Gasteiger partial charge in [-0.3, -0.25) is 0 Å². The van der Waals surface area contributed by atoms with Crippen molar-refractivity contribution in [3.8, 4) is 12.3 Å². The van der Waals surface area contributed by atoms with Crippen molar-refractivity contribution in [3.63, 3.8) is 0 Å². The average Bonchev–Trinajstić information content (AvgIpc) is 3.02. The monoisotopic (exact) mass is 402 g/mol. The highest BCUT2D eigenvalue weighted by molar-refractivity contribution is 6.33. The van der Waals surface area contributed by atoms with E-state index in [9.17, 15) is 10.2 Å². The van der Waals surface area contributed by atoms with Gasteiger partial charge in [-0.15, -0.1) is 6.42 Å². The fraction of sp³-hybridized carbons (Fsp3) is 0.556. The van der Waals surface area contributed by atoms with E-state index in [-0.39, 0.29) is 6.61 Å². The van der Waals surface area contributed by atoms with Crippen molar-refractivity contribution in [2.24, 2.45) is 0 Å². The Morgan fingerprint density at radius 2 is 2.08 bits per heavy atom. The summed E-state index contributed by atoms with van der Waals surface area (Å²) < 4.78 is 23.4. The van der Waals surface area contributed by atoms with Crippen molar-refractivity contribution in [2.45, 2.75) is 56.4 Å². The van der Waals surface area contributed by atoms with Gasteiger partial charge in [0.05, 0.1) is 13.2 Å². The Morgan fingerprint density at radius 3 is 2.73 bits per heavy atom. The van der Waals surface area contributed by atoms with Crippen molar-refractivity contribution < 1.29 is 29.2 Å². The van der Waals surface area contributed by atoms with E-state index in [1.165, 1.54) is 0 Å². The lowest BCUT2D eigenvalue weighted by atomic mass is 10.0. The minimum atomic E-state index is -1.51. The van der Waals surface area contributed by atoms with Crippen LogP contribution in [0.15, 0.2) is 18.2 Å². The molecule has 2 fully saturated rings. The molecule has 2 N–H and O–H groups in total. The van der Waals surface area contributed by atoms with Gasteiger partial charge in [0.15, 0.2) is 11.9 Å². The largest absolute Gasteiger partial charge is 0.394 e. The summed E-state index contributed by atoms with van der Waals surface area (Å²) in [6.07, 6.45) is 1.90. The van der Waals surface area contributed by atoms with Gasteiger partial charge >= 0.3 is 0 Å². The molecule has 2 heterocycles. The van der Waals surface area contributed by atoms with Crippen LogP contribution < -0.4 is 0 Å². The highest BCUT2D eigenvalue weighted by atomic mass is 35.5. The summed E-state index contributed by atoms with van der Waals surface area (Å²) in [6.45, 7) is 2.97. The smallest absolute Gasteiger partial charge is 0.266 e. The molecule has 0 radical (unpaired) electrons. The first-order valence-electron chi connectivity index (χ1n) is 8.09. The Balaban J connectivity index is 1.86. The van der Waals surface area contributed by atoms with Crippen molar-refractivity contribution >= 4 is 23.2 Å². The zero-order valence-electron chi connectivity index (χ0n) is 14.3. The van der Waals surface area contributed by atoms with Crippen LogP contribution in [0.5, 0.6) is 0 Å². The van der Waals surface area contributed by atoms with Crippen LogP contribution in [-0.2, 0) is 25.6 Å². The zero-order valence-corrected chi connectivity index (χ0v) is 15.8. The maximum Gasteiger partial charge on any atom is 0.266 e. The molecule has 0 aromatic heterocycles. The number of hydrogen-bond acceptors (Lipinski definition) is 6. The molecule has 142 valence electrons. The summed E-state index contributed by atoms with van der Waals surface area (Å²) in [5.41, 5.74) is 0.660. The quantitative estimate of drug-likeness (QED) is 0.734. The Labute approximate surface area is 161 Å². The van der Waals surface area contributed by atoms with Gasteiger partial charge in [0.25, 0.3) is 5.79 Å². The summed E-state index contributed by atoms with van der Waals surface area (Å²) in [5.74, 6) is -0.0282. The van der Waals surface area contributed by atoms with Crippen LogP contribution in [0.4, 0.5) is 0 Å². The Morgan fingerprint density at radius 1 is 1.35 bits per heavy atom. The van der Waals surface area contributed by atoms with Crippen LogP contribution in [0, 0.1) is 12.3 Å². The molecule has 0 amide bonds. The standard InChI is InChI=1S/C18H20Cl2O6/c1-4-18-16(25-17(2,3)26-18)15(14(24-18)13(22)8-21)23-9-10-7-11(19)5-6-12(10)20/h1,5-7,13-16,21-22H,8-9H2,2-3H3/t13-,14-,15-,16-,18-/m1/s1. The maximum atomic E-state index is 10.1. The number of ether oxygens (including phenoxy) is 4. The predicted octanol–water partition coefficient (Wildman–Crippen LogP) is 2.11. The first-order valence-corrected chi connectivity index (χ1v) is 8.85. The van der Waals surface area contributed by atoms with Crippen molar-refractivity contribution in [1.29, 1.82) is 0 Å². The molecule has 0 spiro atoms. The zero-order chi connectivity index (χ0) is 19.1. The van der Waals surface area contributed by atoms with Crippen LogP contribution in [-0.4, -0.2) is 52.8 Å². The molecule has 1 aromatic carbocycles. The average molecular weight is 403 g/mol. The fourth-order valence-corrected chi connectivity index (χ4v) is 3.58. The summed E-state index contributed by atoms with van der Waals surface area (Å²) >= 11 is 12.2. The summed E-state index contributed by atoms with van der Waals surface area (Å²) in [4.78, 5) is 0. The van der Waals surface area contributed by atoms with Crippen LogP contribution in [0.25, 0.3) is 0 Å². The lowest BCUT2D eigenvalue weighted by Gasteiger charge is -2.28. The maximum absolute atomic E-state index is 10.1. The molecule has 2 aliphatic rings. The van der Waals surface area contributed by atoms with E-state index in [1.54, 1.807) is 32.0 Å². The SMILES string of the molecule is C#C[C@]12O[C@H]([C@H](O)CO)[C@@H](OCc3cc(Cl)ccc3Cl)[C@H]1OC(C)(C)O2. The molecule has 0 bridgehead atoms. The highest BCUT2D eigenvalue weighted by Crippen LogP contribution is 2.47. The van der Waals surface area contributed by atoms with Crippen LogP contribution in [0.2, 0.25) is 10.0 Å². The molecule has 26 heavy (non-hydrogen) atoms. The summed E-state index contributed by atoms with van der Waals surface area (Å²) in [6, 6.07) is 5.02. The van der Waals surface area contributed by atoms with Crippen molar-refractivity contribution in [1.82, 2.24) is 0 Å². The van der Waals surface area contributed by atoms with E-state index >= 15 is 0 Å². The second-order valence-electron chi connectivity index (χ2n) is 6.70.